The molecular formula is C21H27N3O2. The molecule has 1 amide bonds. The molecule has 1 saturated heterocycles. The molecule has 3 rings (SSSR count). The van der Waals surface area contributed by atoms with Crippen molar-refractivity contribution >= 4 is 12.0 Å². The van der Waals surface area contributed by atoms with Crippen LogP contribution in [0, 0.1) is 5.92 Å². The normalized spacial score (nSPS) is 15.9. The number of carbonyl (C=O) groups is 1. The molecule has 0 radical (unpaired) electrons. The van der Waals surface area contributed by atoms with Gasteiger partial charge in [0.05, 0.1) is 5.69 Å². The number of hydrogen-bond acceptors (Lipinski definition) is 4. The highest BCUT2D eigenvalue weighted by atomic mass is 16.5. The Labute approximate surface area is 155 Å². The Morgan fingerprint density at radius 3 is 2.62 bits per heavy atom. The van der Waals surface area contributed by atoms with Gasteiger partial charge >= 0.3 is 0 Å². The van der Waals surface area contributed by atoms with Gasteiger partial charge in [-0.15, -0.1) is 0 Å². The third kappa shape index (κ3) is 5.05. The van der Waals surface area contributed by atoms with Crippen LogP contribution >= 0.6 is 0 Å². The van der Waals surface area contributed by atoms with E-state index in [2.05, 4.69) is 48.2 Å². The van der Waals surface area contributed by atoms with E-state index in [0.29, 0.717) is 11.7 Å². The first kappa shape index (κ1) is 18.4. The second-order valence-corrected chi connectivity index (χ2v) is 7.19. The van der Waals surface area contributed by atoms with Crippen molar-refractivity contribution in [2.45, 2.75) is 20.3 Å². The van der Waals surface area contributed by atoms with Gasteiger partial charge in [0.15, 0.2) is 0 Å². The average Bonchev–Trinajstić information content (AvgIpc) is 3.10. The maximum Gasteiger partial charge on any atom is 0.292 e. The molecule has 2 heterocycles. The van der Waals surface area contributed by atoms with Crippen molar-refractivity contribution in [1.82, 2.24) is 15.0 Å². The molecule has 5 nitrogen and oxygen atoms in total. The monoisotopic (exact) mass is 353 g/mol. The molecule has 0 unspecified atom stereocenters. The fraction of sp³-hybridized carbons (Fsp3) is 0.429. The Balaban J connectivity index is 1.46. The van der Waals surface area contributed by atoms with Crippen LogP contribution in [0.2, 0.25) is 0 Å². The Morgan fingerprint density at radius 1 is 1.19 bits per heavy atom. The van der Waals surface area contributed by atoms with Crippen molar-refractivity contribution in [2.24, 2.45) is 5.92 Å². The Bertz CT molecular complexity index is 729. The number of hydrogen-bond donors (Lipinski definition) is 0. The number of piperazine rings is 1. The second kappa shape index (κ2) is 8.81. The van der Waals surface area contributed by atoms with Crippen molar-refractivity contribution in [3.63, 3.8) is 0 Å². The first-order valence-corrected chi connectivity index (χ1v) is 9.30. The number of benzene rings is 1. The van der Waals surface area contributed by atoms with Gasteiger partial charge in [-0.05, 0) is 17.9 Å². The Kier molecular flexibility index (Phi) is 6.23. The molecule has 26 heavy (non-hydrogen) atoms. The fourth-order valence-electron chi connectivity index (χ4n) is 3.12. The number of amides is 1. The summed E-state index contributed by atoms with van der Waals surface area (Å²) in [5.41, 5.74) is 2.07. The molecule has 0 aliphatic carbocycles. The smallest absolute Gasteiger partial charge is 0.292 e. The summed E-state index contributed by atoms with van der Waals surface area (Å²) in [6, 6.07) is 12.1. The number of rotatable bonds is 6. The van der Waals surface area contributed by atoms with Crippen molar-refractivity contribution in [3.8, 4) is 0 Å². The van der Waals surface area contributed by atoms with E-state index in [1.54, 1.807) is 6.07 Å². The lowest BCUT2D eigenvalue weighted by atomic mass is 10.1. The molecule has 0 spiro atoms. The maximum absolute atomic E-state index is 12.6. The molecule has 0 bridgehead atoms. The molecule has 0 saturated carbocycles. The van der Waals surface area contributed by atoms with Crippen LogP contribution in [0.3, 0.4) is 0 Å². The van der Waals surface area contributed by atoms with Gasteiger partial charge < -0.3 is 9.42 Å². The van der Waals surface area contributed by atoms with Gasteiger partial charge in [-0.3, -0.25) is 9.69 Å². The van der Waals surface area contributed by atoms with Gasteiger partial charge in [-0.1, -0.05) is 61.5 Å². The van der Waals surface area contributed by atoms with Gasteiger partial charge in [0, 0.05) is 38.8 Å². The minimum absolute atomic E-state index is 0.0491. The number of carbonyl (C=O) groups excluding carboxylic acids is 1. The fourth-order valence-corrected chi connectivity index (χ4v) is 3.12. The summed E-state index contributed by atoms with van der Waals surface area (Å²) in [5, 5.41) is 4.01. The minimum Gasteiger partial charge on any atom is -0.351 e. The summed E-state index contributed by atoms with van der Waals surface area (Å²) in [4.78, 5) is 16.8. The van der Waals surface area contributed by atoms with Gasteiger partial charge in [-0.2, -0.15) is 0 Å². The quantitative estimate of drug-likeness (QED) is 0.799. The van der Waals surface area contributed by atoms with Crippen molar-refractivity contribution < 1.29 is 9.32 Å². The highest BCUT2D eigenvalue weighted by Gasteiger charge is 2.24. The lowest BCUT2D eigenvalue weighted by molar-refractivity contribution is 0.0609. The molecule has 0 N–H and O–H groups in total. The first-order chi connectivity index (χ1) is 12.6. The van der Waals surface area contributed by atoms with Crippen LogP contribution in [0.15, 0.2) is 47.0 Å². The van der Waals surface area contributed by atoms with Crippen LogP contribution in [0.5, 0.6) is 0 Å². The minimum atomic E-state index is -0.0491. The Hall–Kier alpha value is -2.40. The summed E-state index contributed by atoms with van der Waals surface area (Å²) < 4.78 is 5.26. The van der Waals surface area contributed by atoms with Crippen LogP contribution < -0.4 is 0 Å². The summed E-state index contributed by atoms with van der Waals surface area (Å²) >= 11 is 0. The van der Waals surface area contributed by atoms with E-state index < -0.39 is 0 Å². The van der Waals surface area contributed by atoms with Gasteiger partial charge in [0.2, 0.25) is 5.76 Å². The van der Waals surface area contributed by atoms with E-state index in [-0.39, 0.29) is 5.91 Å². The zero-order valence-corrected chi connectivity index (χ0v) is 15.6. The van der Waals surface area contributed by atoms with Crippen LogP contribution in [-0.4, -0.2) is 53.6 Å². The summed E-state index contributed by atoms with van der Waals surface area (Å²) in [6.45, 7) is 8.34. The standard InChI is InChI=1S/C21H27N3O2/c1-17(2)15-19-16-20(26-22-19)21(25)24-13-11-23(12-14-24)10-6-9-18-7-4-3-5-8-18/h3-9,16-17H,10-15H2,1-2H3/b9-6+. The maximum atomic E-state index is 12.6. The topological polar surface area (TPSA) is 49.6 Å². The SMILES string of the molecule is CC(C)Cc1cc(C(=O)N2CCN(C/C=C/c3ccccc3)CC2)on1. The largest absolute Gasteiger partial charge is 0.351 e. The van der Waals surface area contributed by atoms with Crippen LogP contribution in [0.25, 0.3) is 6.08 Å². The third-order valence-electron chi connectivity index (χ3n) is 4.52. The number of aromatic nitrogens is 1. The molecule has 138 valence electrons. The zero-order valence-electron chi connectivity index (χ0n) is 15.6. The van der Waals surface area contributed by atoms with Crippen molar-refractivity contribution in [2.75, 3.05) is 32.7 Å². The van der Waals surface area contributed by atoms with Gasteiger partial charge in [0.1, 0.15) is 0 Å². The van der Waals surface area contributed by atoms with E-state index in [1.807, 2.05) is 23.1 Å². The van der Waals surface area contributed by atoms with Gasteiger partial charge in [-0.25, -0.2) is 0 Å². The van der Waals surface area contributed by atoms with E-state index in [1.165, 1.54) is 5.56 Å². The average molecular weight is 353 g/mol. The van der Waals surface area contributed by atoms with Crippen LogP contribution in [0.1, 0.15) is 35.7 Å². The zero-order chi connectivity index (χ0) is 18.4. The summed E-state index contributed by atoms with van der Waals surface area (Å²) in [6.07, 6.45) is 5.15. The van der Waals surface area contributed by atoms with E-state index in [4.69, 9.17) is 4.52 Å². The molecule has 1 aromatic heterocycles. The predicted octanol–water partition coefficient (Wildman–Crippen LogP) is 3.34. The summed E-state index contributed by atoms with van der Waals surface area (Å²) in [7, 11) is 0. The van der Waals surface area contributed by atoms with Crippen molar-refractivity contribution in [3.05, 3.63) is 59.5 Å². The molecular weight excluding hydrogens is 326 g/mol. The third-order valence-corrected chi connectivity index (χ3v) is 4.52. The van der Waals surface area contributed by atoms with E-state index in [9.17, 15) is 4.79 Å². The Morgan fingerprint density at radius 2 is 1.92 bits per heavy atom. The lowest BCUT2D eigenvalue weighted by Gasteiger charge is -2.33. The molecule has 1 fully saturated rings. The molecule has 1 aromatic carbocycles. The molecule has 1 aliphatic heterocycles. The molecule has 2 aromatic rings. The molecule has 0 atom stereocenters. The highest BCUT2D eigenvalue weighted by Crippen LogP contribution is 2.13. The van der Waals surface area contributed by atoms with E-state index >= 15 is 0 Å². The highest BCUT2D eigenvalue weighted by molar-refractivity contribution is 5.91. The lowest BCUT2D eigenvalue weighted by Crippen LogP contribution is -2.48. The van der Waals surface area contributed by atoms with Crippen LogP contribution in [-0.2, 0) is 6.42 Å². The molecule has 1 aliphatic rings. The van der Waals surface area contributed by atoms with Crippen LogP contribution in [0.4, 0.5) is 0 Å². The second-order valence-electron chi connectivity index (χ2n) is 7.19. The van der Waals surface area contributed by atoms with Gasteiger partial charge in [0.25, 0.3) is 5.91 Å². The predicted molar refractivity (Wildman–Crippen MR) is 103 cm³/mol. The first-order valence-electron chi connectivity index (χ1n) is 9.30. The van der Waals surface area contributed by atoms with Crippen molar-refractivity contribution in [1.29, 1.82) is 0 Å². The summed E-state index contributed by atoms with van der Waals surface area (Å²) in [5.74, 6) is 0.806. The number of nitrogens with zero attached hydrogens (tertiary/aromatic N) is 3. The van der Waals surface area contributed by atoms with E-state index in [0.717, 1.165) is 44.8 Å². The molecule has 5 heteroatoms.